The molecule has 0 unspecified atom stereocenters. The third-order valence-corrected chi connectivity index (χ3v) is 5.05. The molecule has 28 heavy (non-hydrogen) atoms. The predicted octanol–water partition coefficient (Wildman–Crippen LogP) is 4.58. The minimum absolute atomic E-state index is 0.101. The number of hydrogen-bond donors (Lipinski definition) is 1. The van der Waals surface area contributed by atoms with Gasteiger partial charge in [0.05, 0.1) is 17.3 Å². The smallest absolute Gasteiger partial charge is 0.236 e. The van der Waals surface area contributed by atoms with Gasteiger partial charge in [0.1, 0.15) is 0 Å². The Morgan fingerprint density at radius 3 is 1.96 bits per heavy atom. The molecule has 2 amide bonds. The van der Waals surface area contributed by atoms with Gasteiger partial charge >= 0.3 is 0 Å². The number of carbonyl (C=O) groups excluding carboxylic acids is 2. The van der Waals surface area contributed by atoms with Crippen LogP contribution >= 0.6 is 0 Å². The van der Waals surface area contributed by atoms with Gasteiger partial charge in [0.2, 0.25) is 11.8 Å². The number of rotatable bonds is 5. The van der Waals surface area contributed by atoms with E-state index in [9.17, 15) is 9.59 Å². The fourth-order valence-corrected chi connectivity index (χ4v) is 3.71. The number of nitrogens with one attached hydrogen (secondary N) is 1. The lowest BCUT2D eigenvalue weighted by Gasteiger charge is -2.22. The van der Waals surface area contributed by atoms with E-state index in [0.717, 1.165) is 23.2 Å². The van der Waals surface area contributed by atoms with Crippen molar-refractivity contribution < 1.29 is 9.59 Å². The molecule has 0 spiro atoms. The molecule has 0 saturated carbocycles. The summed E-state index contributed by atoms with van der Waals surface area (Å²) in [6, 6.07) is 27.0. The van der Waals surface area contributed by atoms with Gasteiger partial charge in [-0.3, -0.25) is 9.59 Å². The summed E-state index contributed by atoms with van der Waals surface area (Å²) >= 11 is 0. The van der Waals surface area contributed by atoms with Crippen molar-refractivity contribution in [1.29, 1.82) is 0 Å². The van der Waals surface area contributed by atoms with Gasteiger partial charge < -0.3 is 10.2 Å². The normalized spacial score (nSPS) is 13.8. The van der Waals surface area contributed by atoms with E-state index in [1.165, 1.54) is 0 Å². The lowest BCUT2D eigenvalue weighted by atomic mass is 9.90. The first-order valence-electron chi connectivity index (χ1n) is 9.54. The minimum atomic E-state index is -0.426. The lowest BCUT2D eigenvalue weighted by molar-refractivity contribution is -0.117. The molecule has 4 nitrogen and oxygen atoms in total. The lowest BCUT2D eigenvalue weighted by Crippen LogP contribution is -2.27. The quantitative estimate of drug-likeness (QED) is 0.714. The zero-order valence-corrected chi connectivity index (χ0v) is 15.5. The molecule has 0 radical (unpaired) electrons. The van der Waals surface area contributed by atoms with Gasteiger partial charge in [-0.2, -0.15) is 0 Å². The highest BCUT2D eigenvalue weighted by Crippen LogP contribution is 2.32. The molecule has 1 N–H and O–H groups in total. The highest BCUT2D eigenvalue weighted by Gasteiger charge is 2.27. The number of hydrogen-bond acceptors (Lipinski definition) is 2. The monoisotopic (exact) mass is 370 g/mol. The maximum Gasteiger partial charge on any atom is 0.236 e. The van der Waals surface area contributed by atoms with Crippen LogP contribution in [0.4, 0.5) is 11.4 Å². The van der Waals surface area contributed by atoms with E-state index in [-0.39, 0.29) is 11.8 Å². The Labute approximate surface area is 164 Å². The van der Waals surface area contributed by atoms with Crippen LogP contribution in [0.3, 0.4) is 0 Å². The molecule has 0 atom stereocenters. The summed E-state index contributed by atoms with van der Waals surface area (Å²) in [4.78, 5) is 27.3. The van der Waals surface area contributed by atoms with Gasteiger partial charge in [0, 0.05) is 13.0 Å². The third kappa shape index (κ3) is 3.67. The molecule has 4 rings (SSSR count). The highest BCUT2D eigenvalue weighted by atomic mass is 16.2. The molecule has 1 fully saturated rings. The average molecular weight is 370 g/mol. The fourth-order valence-electron chi connectivity index (χ4n) is 3.71. The summed E-state index contributed by atoms with van der Waals surface area (Å²) in [7, 11) is 0. The van der Waals surface area contributed by atoms with Crippen molar-refractivity contribution in [3.63, 3.8) is 0 Å². The predicted molar refractivity (Wildman–Crippen MR) is 111 cm³/mol. The molecule has 0 bridgehead atoms. The Hall–Kier alpha value is -3.40. The molecule has 1 aliphatic heterocycles. The average Bonchev–Trinajstić information content (AvgIpc) is 3.16. The molecule has 140 valence electrons. The first-order chi connectivity index (χ1) is 13.7. The summed E-state index contributed by atoms with van der Waals surface area (Å²) in [5, 5.41) is 3.07. The SMILES string of the molecule is O=C(Nc1ccccc1N1CCCC1=O)C(c1ccccc1)c1ccccc1. The summed E-state index contributed by atoms with van der Waals surface area (Å²) in [6.45, 7) is 0.687. The van der Waals surface area contributed by atoms with Crippen LogP contribution in [0.25, 0.3) is 0 Å². The third-order valence-electron chi connectivity index (χ3n) is 5.05. The number of anilines is 2. The summed E-state index contributed by atoms with van der Waals surface area (Å²) in [5.74, 6) is -0.439. The number of benzene rings is 3. The highest BCUT2D eigenvalue weighted by molar-refractivity contribution is 6.04. The fraction of sp³-hybridized carbons (Fsp3) is 0.167. The van der Waals surface area contributed by atoms with E-state index >= 15 is 0 Å². The number of carbonyl (C=O) groups is 2. The Kier molecular flexibility index (Phi) is 5.20. The molecule has 0 aliphatic carbocycles. The van der Waals surface area contributed by atoms with Crippen molar-refractivity contribution in [2.45, 2.75) is 18.8 Å². The standard InChI is InChI=1S/C24H22N2O2/c27-22-16-9-17-26(22)21-15-8-7-14-20(21)25-24(28)23(18-10-3-1-4-11-18)19-12-5-2-6-13-19/h1-8,10-15,23H,9,16-17H2,(H,25,28). The van der Waals surface area contributed by atoms with E-state index < -0.39 is 5.92 Å². The Balaban J connectivity index is 1.67. The second-order valence-electron chi connectivity index (χ2n) is 6.91. The molecule has 3 aromatic carbocycles. The van der Waals surface area contributed by atoms with Crippen LogP contribution in [0, 0.1) is 0 Å². The van der Waals surface area contributed by atoms with Crippen molar-refractivity contribution >= 4 is 23.2 Å². The van der Waals surface area contributed by atoms with Gasteiger partial charge in [0.15, 0.2) is 0 Å². The van der Waals surface area contributed by atoms with Crippen molar-refractivity contribution in [1.82, 2.24) is 0 Å². The molecule has 1 heterocycles. The second kappa shape index (κ2) is 8.09. The second-order valence-corrected chi connectivity index (χ2v) is 6.91. The molecule has 1 aliphatic rings. The van der Waals surface area contributed by atoms with Crippen molar-refractivity contribution in [2.24, 2.45) is 0 Å². The maximum atomic E-state index is 13.3. The van der Waals surface area contributed by atoms with Crippen LogP contribution in [0.1, 0.15) is 29.9 Å². The van der Waals surface area contributed by atoms with Crippen molar-refractivity contribution in [2.75, 3.05) is 16.8 Å². The van der Waals surface area contributed by atoms with Gasteiger partial charge in [-0.15, -0.1) is 0 Å². The van der Waals surface area contributed by atoms with E-state index in [2.05, 4.69) is 5.32 Å². The molecular formula is C24H22N2O2. The van der Waals surface area contributed by atoms with Crippen LogP contribution in [-0.2, 0) is 9.59 Å². The zero-order valence-electron chi connectivity index (χ0n) is 15.5. The van der Waals surface area contributed by atoms with E-state index in [1.54, 1.807) is 4.90 Å². The van der Waals surface area contributed by atoms with E-state index in [1.807, 2.05) is 84.9 Å². The zero-order chi connectivity index (χ0) is 19.3. The molecule has 1 saturated heterocycles. The minimum Gasteiger partial charge on any atom is -0.323 e. The number of nitrogens with zero attached hydrogens (tertiary/aromatic N) is 1. The number of amides is 2. The van der Waals surface area contributed by atoms with E-state index in [0.29, 0.717) is 18.7 Å². The van der Waals surface area contributed by atoms with Gasteiger partial charge in [-0.05, 0) is 29.7 Å². The largest absolute Gasteiger partial charge is 0.323 e. The maximum absolute atomic E-state index is 13.3. The van der Waals surface area contributed by atoms with Crippen LogP contribution in [0.2, 0.25) is 0 Å². The van der Waals surface area contributed by atoms with Gasteiger partial charge in [-0.25, -0.2) is 0 Å². The topological polar surface area (TPSA) is 49.4 Å². The molecule has 3 aromatic rings. The molecule has 4 heteroatoms. The summed E-state index contributed by atoms with van der Waals surface area (Å²) < 4.78 is 0. The van der Waals surface area contributed by atoms with Gasteiger partial charge in [-0.1, -0.05) is 72.8 Å². The summed E-state index contributed by atoms with van der Waals surface area (Å²) in [5.41, 5.74) is 3.29. The Morgan fingerprint density at radius 2 is 1.39 bits per heavy atom. The van der Waals surface area contributed by atoms with Crippen LogP contribution in [-0.4, -0.2) is 18.4 Å². The Morgan fingerprint density at radius 1 is 0.821 bits per heavy atom. The summed E-state index contributed by atoms with van der Waals surface area (Å²) in [6.07, 6.45) is 1.40. The van der Waals surface area contributed by atoms with Crippen LogP contribution in [0.5, 0.6) is 0 Å². The van der Waals surface area contributed by atoms with E-state index in [4.69, 9.17) is 0 Å². The molecule has 0 aromatic heterocycles. The van der Waals surface area contributed by atoms with Crippen molar-refractivity contribution in [3.05, 3.63) is 96.1 Å². The van der Waals surface area contributed by atoms with Gasteiger partial charge in [0.25, 0.3) is 0 Å². The first kappa shape index (κ1) is 18.0. The molecular weight excluding hydrogens is 348 g/mol. The van der Waals surface area contributed by atoms with Crippen molar-refractivity contribution in [3.8, 4) is 0 Å². The van der Waals surface area contributed by atoms with Crippen LogP contribution < -0.4 is 10.2 Å². The first-order valence-corrected chi connectivity index (χ1v) is 9.54. The van der Waals surface area contributed by atoms with Crippen LogP contribution in [0.15, 0.2) is 84.9 Å². The Bertz CT molecular complexity index is 931. The number of para-hydroxylation sites is 2.